The SMILES string of the molecule is CC(c1ccc(-c2ccccc2)cc1)(c1ccc(-c2ccc(-c3ccccc3)cc2)cc1)c1ccc(-c2ccc(-n3c4ccccc4c4ccccc43)cc2)cc1. The fourth-order valence-corrected chi connectivity index (χ4v) is 8.61. The molecule has 0 aliphatic carbocycles. The average Bonchev–Trinajstić information content (AvgIpc) is 3.64. The van der Waals surface area contributed by atoms with Gasteiger partial charge in [-0.2, -0.15) is 0 Å². The van der Waals surface area contributed by atoms with Crippen molar-refractivity contribution in [1.82, 2.24) is 4.57 Å². The molecule has 10 rings (SSSR count). The van der Waals surface area contributed by atoms with Gasteiger partial charge in [0.1, 0.15) is 0 Å². The minimum Gasteiger partial charge on any atom is -0.309 e. The molecule has 0 N–H and O–H groups in total. The average molecular weight is 728 g/mol. The van der Waals surface area contributed by atoms with E-state index in [-0.39, 0.29) is 5.41 Å². The number of para-hydroxylation sites is 2. The zero-order valence-electron chi connectivity index (χ0n) is 31.9. The van der Waals surface area contributed by atoms with E-state index in [1.165, 1.54) is 83.0 Å². The second kappa shape index (κ2) is 14.5. The minimum absolute atomic E-state index is 0.385. The first-order valence-electron chi connectivity index (χ1n) is 19.8. The molecule has 0 radical (unpaired) electrons. The van der Waals surface area contributed by atoms with Crippen LogP contribution in [0.25, 0.3) is 72.0 Å². The predicted octanol–water partition coefficient (Wildman–Crippen LogP) is 14.8. The van der Waals surface area contributed by atoms with Gasteiger partial charge in [0.2, 0.25) is 0 Å². The van der Waals surface area contributed by atoms with E-state index in [2.05, 4.69) is 242 Å². The van der Waals surface area contributed by atoms with Crippen LogP contribution in [-0.2, 0) is 5.41 Å². The Hall–Kier alpha value is -7.22. The number of aromatic nitrogens is 1. The van der Waals surface area contributed by atoms with E-state index >= 15 is 0 Å². The third-order valence-electron chi connectivity index (χ3n) is 11.9. The number of hydrogen-bond acceptors (Lipinski definition) is 0. The van der Waals surface area contributed by atoms with Crippen molar-refractivity contribution in [2.24, 2.45) is 0 Å². The first-order valence-corrected chi connectivity index (χ1v) is 19.8. The Morgan fingerprint density at radius 3 is 0.877 bits per heavy atom. The first kappa shape index (κ1) is 34.3. The number of fused-ring (bicyclic) bond motifs is 3. The van der Waals surface area contributed by atoms with Crippen LogP contribution in [0.15, 0.2) is 231 Å². The van der Waals surface area contributed by atoms with Gasteiger partial charge in [-0.05, 0) is 92.4 Å². The Kier molecular flexibility index (Phi) is 8.69. The lowest BCUT2D eigenvalue weighted by Gasteiger charge is -2.32. The fraction of sp³-hybridized carbons (Fsp3) is 0.0357. The molecule has 0 saturated carbocycles. The topological polar surface area (TPSA) is 4.93 Å². The molecule has 0 fully saturated rings. The molecule has 270 valence electrons. The number of rotatable bonds is 8. The van der Waals surface area contributed by atoms with Gasteiger partial charge in [0.15, 0.2) is 0 Å². The van der Waals surface area contributed by atoms with E-state index < -0.39 is 0 Å². The molecule has 57 heavy (non-hydrogen) atoms. The Morgan fingerprint density at radius 2 is 0.526 bits per heavy atom. The van der Waals surface area contributed by atoms with E-state index in [0.717, 1.165) is 5.69 Å². The van der Waals surface area contributed by atoms with Gasteiger partial charge in [0.25, 0.3) is 0 Å². The lowest BCUT2D eigenvalue weighted by Crippen LogP contribution is -2.25. The Morgan fingerprint density at radius 1 is 0.263 bits per heavy atom. The molecule has 9 aromatic carbocycles. The van der Waals surface area contributed by atoms with E-state index in [1.54, 1.807) is 0 Å². The molecule has 1 heteroatoms. The monoisotopic (exact) mass is 727 g/mol. The van der Waals surface area contributed by atoms with Crippen molar-refractivity contribution in [3.8, 4) is 50.2 Å². The third-order valence-corrected chi connectivity index (χ3v) is 11.9. The van der Waals surface area contributed by atoms with Crippen LogP contribution in [0, 0.1) is 0 Å². The maximum Gasteiger partial charge on any atom is 0.0541 e. The van der Waals surface area contributed by atoms with E-state index in [1.807, 2.05) is 0 Å². The summed E-state index contributed by atoms with van der Waals surface area (Å²) in [5.74, 6) is 0. The highest BCUT2D eigenvalue weighted by molar-refractivity contribution is 6.09. The van der Waals surface area contributed by atoms with Crippen molar-refractivity contribution >= 4 is 21.8 Å². The van der Waals surface area contributed by atoms with Gasteiger partial charge in [-0.15, -0.1) is 0 Å². The summed E-state index contributed by atoms with van der Waals surface area (Å²) in [4.78, 5) is 0. The number of nitrogens with zero attached hydrogens (tertiary/aromatic N) is 1. The summed E-state index contributed by atoms with van der Waals surface area (Å²) in [6.45, 7) is 2.36. The highest BCUT2D eigenvalue weighted by Crippen LogP contribution is 2.41. The molecule has 10 aromatic rings. The van der Waals surface area contributed by atoms with Crippen molar-refractivity contribution in [2.45, 2.75) is 12.3 Å². The van der Waals surface area contributed by atoms with Gasteiger partial charge >= 0.3 is 0 Å². The van der Waals surface area contributed by atoms with E-state index in [4.69, 9.17) is 0 Å². The van der Waals surface area contributed by atoms with Crippen LogP contribution in [0.4, 0.5) is 0 Å². The summed E-state index contributed by atoms with van der Waals surface area (Å²) >= 11 is 0. The quantitative estimate of drug-likeness (QED) is 0.137. The smallest absolute Gasteiger partial charge is 0.0541 e. The minimum atomic E-state index is -0.385. The first-order chi connectivity index (χ1) is 28.1. The zero-order chi connectivity index (χ0) is 38.2. The van der Waals surface area contributed by atoms with Crippen LogP contribution in [0.2, 0.25) is 0 Å². The third kappa shape index (κ3) is 6.24. The Bertz CT molecular complexity index is 2890. The summed E-state index contributed by atoms with van der Waals surface area (Å²) in [7, 11) is 0. The molecule has 1 unspecified atom stereocenters. The zero-order valence-corrected chi connectivity index (χ0v) is 31.9. The summed E-state index contributed by atoms with van der Waals surface area (Å²) < 4.78 is 2.37. The highest BCUT2D eigenvalue weighted by atomic mass is 15.0. The lowest BCUT2D eigenvalue weighted by atomic mass is 9.70. The maximum absolute atomic E-state index is 2.37. The van der Waals surface area contributed by atoms with Crippen LogP contribution in [0.1, 0.15) is 23.6 Å². The normalized spacial score (nSPS) is 12.4. The Labute approximate surface area is 334 Å². The van der Waals surface area contributed by atoms with E-state index in [0.29, 0.717) is 0 Å². The standard InChI is InChI=1S/C56H41N/c1-56(48-32-24-44(25-33-48)41-14-6-3-7-15-41,49-34-26-45(27-35-49)43-22-20-42(21-23-43)40-12-4-2-5-13-40)50-36-28-46(29-37-50)47-30-38-51(39-31-47)57-54-18-10-8-16-52(54)53-17-9-11-19-55(53)57/h2-39H,1H3. The number of benzene rings is 9. The van der Waals surface area contributed by atoms with Crippen molar-refractivity contribution < 1.29 is 0 Å². The second-order valence-electron chi connectivity index (χ2n) is 15.1. The highest BCUT2D eigenvalue weighted by Gasteiger charge is 2.31. The van der Waals surface area contributed by atoms with Crippen LogP contribution in [-0.4, -0.2) is 4.57 Å². The summed E-state index contributed by atoms with van der Waals surface area (Å²) in [5.41, 5.74) is 16.7. The number of hydrogen-bond donors (Lipinski definition) is 0. The summed E-state index contributed by atoms with van der Waals surface area (Å²) in [6, 6.07) is 83.9. The van der Waals surface area contributed by atoms with E-state index in [9.17, 15) is 0 Å². The van der Waals surface area contributed by atoms with Crippen molar-refractivity contribution in [2.75, 3.05) is 0 Å². The van der Waals surface area contributed by atoms with Gasteiger partial charge in [0.05, 0.1) is 11.0 Å². The molecule has 1 heterocycles. The molecule has 0 bridgehead atoms. The molecule has 1 atom stereocenters. The molecule has 0 aliphatic heterocycles. The summed E-state index contributed by atoms with van der Waals surface area (Å²) in [6.07, 6.45) is 0. The van der Waals surface area contributed by atoms with Crippen LogP contribution >= 0.6 is 0 Å². The van der Waals surface area contributed by atoms with Crippen LogP contribution < -0.4 is 0 Å². The molecule has 0 aliphatic rings. The second-order valence-corrected chi connectivity index (χ2v) is 15.1. The largest absolute Gasteiger partial charge is 0.309 e. The van der Waals surface area contributed by atoms with Gasteiger partial charge in [-0.3, -0.25) is 0 Å². The molecule has 1 nitrogen and oxygen atoms in total. The van der Waals surface area contributed by atoms with Gasteiger partial charge in [-0.25, -0.2) is 0 Å². The lowest BCUT2D eigenvalue weighted by molar-refractivity contribution is 0.693. The van der Waals surface area contributed by atoms with Crippen molar-refractivity contribution in [1.29, 1.82) is 0 Å². The maximum atomic E-state index is 2.37. The van der Waals surface area contributed by atoms with Crippen LogP contribution in [0.3, 0.4) is 0 Å². The van der Waals surface area contributed by atoms with Crippen molar-refractivity contribution in [3.63, 3.8) is 0 Å². The molecular formula is C56H41N. The predicted molar refractivity (Wildman–Crippen MR) is 241 cm³/mol. The van der Waals surface area contributed by atoms with Gasteiger partial charge in [-0.1, -0.05) is 206 Å². The van der Waals surface area contributed by atoms with Gasteiger partial charge < -0.3 is 4.57 Å². The Balaban J connectivity index is 0.988. The molecule has 0 saturated heterocycles. The fourth-order valence-electron chi connectivity index (χ4n) is 8.61. The molecule has 1 aromatic heterocycles. The van der Waals surface area contributed by atoms with Crippen molar-refractivity contribution in [3.05, 3.63) is 247 Å². The van der Waals surface area contributed by atoms with Crippen LogP contribution in [0.5, 0.6) is 0 Å². The van der Waals surface area contributed by atoms with Gasteiger partial charge in [0, 0.05) is 21.9 Å². The summed E-state index contributed by atoms with van der Waals surface area (Å²) in [5, 5.41) is 2.55. The molecule has 0 amide bonds. The molecule has 0 spiro atoms. The molecular weight excluding hydrogens is 687 g/mol.